The second-order valence-corrected chi connectivity index (χ2v) is 15.4. The lowest BCUT2D eigenvalue weighted by Crippen LogP contribution is -2.23. The molecule has 0 unspecified atom stereocenters. The van der Waals surface area contributed by atoms with Gasteiger partial charge in [0.25, 0.3) is 0 Å². The largest absolute Gasteiger partial charge is 0.395 e. The highest BCUT2D eigenvalue weighted by Gasteiger charge is 1.97. The SMILES string of the molecule is CCCCCCCCCCCCCCCCCCCCCCNC/C=C/CCCCCCNCCCCNCCCCNCCCCNCCO. The Bertz CT molecular complexity index is 619. The van der Waals surface area contributed by atoms with E-state index in [0.29, 0.717) is 6.54 Å². The summed E-state index contributed by atoms with van der Waals surface area (Å²) >= 11 is 0. The molecule has 0 aliphatic rings. The zero-order chi connectivity index (χ0) is 36.6. The van der Waals surface area contributed by atoms with Crippen LogP contribution in [0.15, 0.2) is 12.2 Å². The first-order valence-corrected chi connectivity index (χ1v) is 23.2. The molecule has 0 aromatic heterocycles. The smallest absolute Gasteiger partial charge is 0.0555 e. The van der Waals surface area contributed by atoms with Crippen LogP contribution in [-0.2, 0) is 0 Å². The molecular weight excluding hydrogens is 627 g/mol. The van der Waals surface area contributed by atoms with E-state index < -0.39 is 0 Å². The van der Waals surface area contributed by atoms with Gasteiger partial charge in [-0.2, -0.15) is 0 Å². The van der Waals surface area contributed by atoms with Crippen molar-refractivity contribution in [2.75, 3.05) is 72.1 Å². The van der Waals surface area contributed by atoms with E-state index in [0.717, 1.165) is 45.8 Å². The summed E-state index contributed by atoms with van der Waals surface area (Å²) in [6, 6.07) is 0. The van der Waals surface area contributed by atoms with E-state index in [2.05, 4.69) is 45.7 Å². The maximum atomic E-state index is 8.73. The Morgan fingerprint density at radius 3 is 0.922 bits per heavy atom. The van der Waals surface area contributed by atoms with Crippen LogP contribution in [0.3, 0.4) is 0 Å². The fraction of sp³-hybridized carbons (Fsp3) is 0.956. The van der Waals surface area contributed by atoms with Crippen molar-refractivity contribution in [1.82, 2.24) is 26.6 Å². The molecule has 0 aromatic carbocycles. The lowest BCUT2D eigenvalue weighted by molar-refractivity contribution is 0.292. The third-order valence-electron chi connectivity index (χ3n) is 10.3. The highest BCUT2D eigenvalue weighted by molar-refractivity contribution is 4.83. The maximum Gasteiger partial charge on any atom is 0.0555 e. The summed E-state index contributed by atoms with van der Waals surface area (Å²) in [6.07, 6.45) is 47.8. The molecule has 306 valence electrons. The van der Waals surface area contributed by atoms with Gasteiger partial charge in [-0.25, -0.2) is 0 Å². The Morgan fingerprint density at radius 1 is 0.294 bits per heavy atom. The summed E-state index contributed by atoms with van der Waals surface area (Å²) in [5.41, 5.74) is 0. The Morgan fingerprint density at radius 2 is 0.569 bits per heavy atom. The molecule has 6 nitrogen and oxygen atoms in total. The quantitative estimate of drug-likeness (QED) is 0.0277. The molecule has 0 bridgehead atoms. The first-order valence-electron chi connectivity index (χ1n) is 23.2. The van der Waals surface area contributed by atoms with Gasteiger partial charge in [0.15, 0.2) is 0 Å². The normalized spacial score (nSPS) is 11.8. The van der Waals surface area contributed by atoms with E-state index in [9.17, 15) is 0 Å². The van der Waals surface area contributed by atoms with Gasteiger partial charge >= 0.3 is 0 Å². The molecule has 0 amide bonds. The van der Waals surface area contributed by atoms with Crippen molar-refractivity contribution in [3.8, 4) is 0 Å². The summed E-state index contributed by atoms with van der Waals surface area (Å²) in [4.78, 5) is 0. The van der Waals surface area contributed by atoms with Gasteiger partial charge in [-0.05, 0) is 117 Å². The fourth-order valence-electron chi connectivity index (χ4n) is 6.84. The standard InChI is InChI=1S/C45H95N5O/c1-2-3-4-5-6-7-8-9-10-11-12-13-14-15-16-17-18-20-23-26-35-46-36-27-24-21-19-22-25-28-37-47-38-29-30-39-48-40-31-32-41-49-42-33-34-43-50-44-45-51/h24,27,46-51H,2-23,25-26,28-45H2,1H3/b27-24+. The maximum absolute atomic E-state index is 8.73. The molecule has 51 heavy (non-hydrogen) atoms. The molecule has 0 saturated carbocycles. The van der Waals surface area contributed by atoms with Crippen LogP contribution in [0, 0.1) is 0 Å². The molecule has 0 aromatic rings. The van der Waals surface area contributed by atoms with Crippen molar-refractivity contribution in [3.05, 3.63) is 12.2 Å². The van der Waals surface area contributed by atoms with Gasteiger partial charge in [0.05, 0.1) is 6.61 Å². The second kappa shape index (κ2) is 49.5. The summed E-state index contributed by atoms with van der Waals surface area (Å²) in [6.45, 7) is 13.4. The van der Waals surface area contributed by atoms with Crippen molar-refractivity contribution >= 4 is 0 Å². The lowest BCUT2D eigenvalue weighted by Gasteiger charge is -2.07. The number of hydrogen-bond acceptors (Lipinski definition) is 6. The van der Waals surface area contributed by atoms with E-state index in [4.69, 9.17) is 5.11 Å². The van der Waals surface area contributed by atoms with E-state index in [1.165, 1.54) is 212 Å². The van der Waals surface area contributed by atoms with Gasteiger partial charge in [0, 0.05) is 13.1 Å². The number of unbranched alkanes of at least 4 members (excludes halogenated alkanes) is 26. The molecule has 0 rings (SSSR count). The second-order valence-electron chi connectivity index (χ2n) is 15.4. The van der Waals surface area contributed by atoms with Gasteiger partial charge in [0.2, 0.25) is 0 Å². The van der Waals surface area contributed by atoms with Crippen LogP contribution in [-0.4, -0.2) is 77.2 Å². The van der Waals surface area contributed by atoms with E-state index >= 15 is 0 Å². The average molecular weight is 722 g/mol. The van der Waals surface area contributed by atoms with Crippen LogP contribution in [0.5, 0.6) is 0 Å². The van der Waals surface area contributed by atoms with Gasteiger partial charge in [0.1, 0.15) is 0 Å². The van der Waals surface area contributed by atoms with E-state index in [1.54, 1.807) is 0 Å². The molecule has 0 heterocycles. The topological polar surface area (TPSA) is 80.4 Å². The number of aliphatic hydroxyl groups is 1. The van der Waals surface area contributed by atoms with Gasteiger partial charge in [-0.1, -0.05) is 154 Å². The number of allylic oxidation sites excluding steroid dienone is 1. The minimum atomic E-state index is 0.236. The van der Waals surface area contributed by atoms with Crippen LogP contribution in [0.4, 0.5) is 0 Å². The molecule has 0 spiro atoms. The van der Waals surface area contributed by atoms with Crippen LogP contribution < -0.4 is 26.6 Å². The molecule has 0 radical (unpaired) electrons. The van der Waals surface area contributed by atoms with Crippen molar-refractivity contribution in [3.63, 3.8) is 0 Å². The number of nitrogens with one attached hydrogen (secondary N) is 5. The molecule has 0 fully saturated rings. The number of rotatable bonds is 47. The molecule has 6 heteroatoms. The fourth-order valence-corrected chi connectivity index (χ4v) is 6.84. The van der Waals surface area contributed by atoms with Crippen LogP contribution in [0.2, 0.25) is 0 Å². The summed E-state index contributed by atoms with van der Waals surface area (Å²) in [5, 5.41) is 26.3. The van der Waals surface area contributed by atoms with E-state index in [1.807, 2.05) is 0 Å². The summed E-state index contributed by atoms with van der Waals surface area (Å²) < 4.78 is 0. The predicted octanol–water partition coefficient (Wildman–Crippen LogP) is 10.6. The molecular formula is C45H95N5O. The molecule has 6 N–H and O–H groups in total. The average Bonchev–Trinajstić information content (AvgIpc) is 3.14. The third kappa shape index (κ3) is 49.5. The van der Waals surface area contributed by atoms with Crippen molar-refractivity contribution in [2.24, 2.45) is 0 Å². The lowest BCUT2D eigenvalue weighted by atomic mass is 10.0. The Labute approximate surface area is 321 Å². The third-order valence-corrected chi connectivity index (χ3v) is 10.3. The van der Waals surface area contributed by atoms with Crippen LogP contribution in [0.25, 0.3) is 0 Å². The van der Waals surface area contributed by atoms with Crippen LogP contribution in [0.1, 0.15) is 206 Å². The predicted molar refractivity (Wildman–Crippen MR) is 229 cm³/mol. The zero-order valence-corrected chi connectivity index (χ0v) is 34.8. The highest BCUT2D eigenvalue weighted by Crippen LogP contribution is 2.15. The minimum Gasteiger partial charge on any atom is -0.395 e. The first kappa shape index (κ1) is 50.5. The van der Waals surface area contributed by atoms with Crippen molar-refractivity contribution in [1.29, 1.82) is 0 Å². The number of aliphatic hydroxyl groups excluding tert-OH is 1. The van der Waals surface area contributed by atoms with Crippen LogP contribution >= 0.6 is 0 Å². The Hall–Kier alpha value is -0.500. The first-order chi connectivity index (χ1) is 25.4. The summed E-state index contributed by atoms with van der Waals surface area (Å²) in [5.74, 6) is 0. The van der Waals surface area contributed by atoms with Gasteiger partial charge < -0.3 is 31.7 Å². The number of hydrogen-bond donors (Lipinski definition) is 6. The Balaban J connectivity index is 3.09. The van der Waals surface area contributed by atoms with E-state index in [-0.39, 0.29) is 6.61 Å². The molecule has 0 saturated heterocycles. The van der Waals surface area contributed by atoms with Crippen molar-refractivity contribution in [2.45, 2.75) is 206 Å². The monoisotopic (exact) mass is 722 g/mol. The molecule has 0 atom stereocenters. The molecule has 0 aliphatic heterocycles. The summed E-state index contributed by atoms with van der Waals surface area (Å²) in [7, 11) is 0. The van der Waals surface area contributed by atoms with Gasteiger partial charge in [-0.15, -0.1) is 0 Å². The zero-order valence-electron chi connectivity index (χ0n) is 34.8. The minimum absolute atomic E-state index is 0.236. The highest BCUT2D eigenvalue weighted by atomic mass is 16.3. The van der Waals surface area contributed by atoms with Crippen molar-refractivity contribution < 1.29 is 5.11 Å². The van der Waals surface area contributed by atoms with Gasteiger partial charge in [-0.3, -0.25) is 0 Å². The molecule has 0 aliphatic carbocycles. The Kier molecular flexibility index (Phi) is 49.0.